The van der Waals surface area contributed by atoms with E-state index < -0.39 is 0 Å². The predicted octanol–water partition coefficient (Wildman–Crippen LogP) is 5.85. The van der Waals surface area contributed by atoms with Crippen molar-refractivity contribution in [1.82, 2.24) is 15.0 Å². The Bertz CT molecular complexity index is 1140. The molecular weight excluding hydrogens is 395 g/mol. The van der Waals surface area contributed by atoms with Gasteiger partial charge in [0.2, 0.25) is 0 Å². The number of pyridine rings is 1. The van der Waals surface area contributed by atoms with Crippen LogP contribution in [0.1, 0.15) is 6.92 Å². The molecule has 28 heavy (non-hydrogen) atoms. The van der Waals surface area contributed by atoms with E-state index in [1.807, 2.05) is 36.5 Å². The monoisotopic (exact) mass is 410 g/mol. The van der Waals surface area contributed by atoms with Gasteiger partial charge in [-0.25, -0.2) is 4.98 Å². The second-order valence-corrected chi connectivity index (χ2v) is 7.59. The van der Waals surface area contributed by atoms with E-state index in [2.05, 4.69) is 21.8 Å². The number of imidazole rings is 1. The van der Waals surface area contributed by atoms with Crippen LogP contribution in [0, 0.1) is 0 Å². The number of benzene rings is 2. The molecule has 7 heteroatoms. The summed E-state index contributed by atoms with van der Waals surface area (Å²) in [5, 5.41) is 0.974. The Hall–Kier alpha value is -2.76. The van der Waals surface area contributed by atoms with Gasteiger partial charge in [0.15, 0.2) is 5.75 Å². The topological polar surface area (TPSA) is 54.0 Å². The molecule has 3 heterocycles. The van der Waals surface area contributed by atoms with Crippen molar-refractivity contribution >= 4 is 45.6 Å². The van der Waals surface area contributed by atoms with Crippen LogP contribution in [0.4, 0.5) is 11.4 Å². The summed E-state index contributed by atoms with van der Waals surface area (Å²) in [5.74, 6) is 1.51. The van der Waals surface area contributed by atoms with Crippen molar-refractivity contribution in [3.05, 3.63) is 64.9 Å². The summed E-state index contributed by atoms with van der Waals surface area (Å²) in [7, 11) is 0. The highest BCUT2D eigenvalue weighted by molar-refractivity contribution is 6.42. The maximum Gasteiger partial charge on any atom is 0.154 e. The van der Waals surface area contributed by atoms with Gasteiger partial charge in [-0.3, -0.25) is 4.98 Å². The molecule has 4 aromatic rings. The third-order valence-corrected chi connectivity index (χ3v) is 5.50. The van der Waals surface area contributed by atoms with Gasteiger partial charge < -0.3 is 14.6 Å². The van der Waals surface area contributed by atoms with Crippen molar-refractivity contribution in [3.63, 3.8) is 0 Å². The molecule has 0 radical (unpaired) electrons. The first-order chi connectivity index (χ1) is 13.6. The number of para-hydroxylation sites is 1. The number of H-pyrrole nitrogens is 1. The van der Waals surface area contributed by atoms with Gasteiger partial charge in [-0.2, -0.15) is 0 Å². The van der Waals surface area contributed by atoms with Crippen LogP contribution < -0.4 is 9.64 Å². The van der Waals surface area contributed by atoms with E-state index in [0.29, 0.717) is 15.9 Å². The van der Waals surface area contributed by atoms with Crippen LogP contribution in [0.15, 0.2) is 54.9 Å². The van der Waals surface area contributed by atoms with E-state index >= 15 is 0 Å². The number of hydrogen-bond donors (Lipinski definition) is 1. The Morgan fingerprint density at radius 3 is 2.82 bits per heavy atom. The molecule has 2 aromatic carbocycles. The van der Waals surface area contributed by atoms with Crippen LogP contribution in [-0.4, -0.2) is 27.6 Å². The third kappa shape index (κ3) is 2.87. The number of ether oxygens (including phenoxy) is 1. The smallest absolute Gasteiger partial charge is 0.154 e. The quantitative estimate of drug-likeness (QED) is 0.450. The second-order valence-electron chi connectivity index (χ2n) is 6.77. The summed E-state index contributed by atoms with van der Waals surface area (Å²) in [6, 6.07) is 13.6. The number of aromatic nitrogens is 3. The van der Waals surface area contributed by atoms with Gasteiger partial charge >= 0.3 is 0 Å². The fourth-order valence-electron chi connectivity index (χ4n) is 3.53. The molecule has 1 unspecified atom stereocenters. The third-order valence-electron chi connectivity index (χ3n) is 4.78. The molecule has 0 saturated heterocycles. The molecule has 0 spiro atoms. The number of nitrogens with one attached hydrogen (secondary N) is 1. The van der Waals surface area contributed by atoms with Crippen molar-refractivity contribution in [2.24, 2.45) is 0 Å². The Kier molecular flexibility index (Phi) is 4.14. The minimum Gasteiger partial charge on any atom is -0.486 e. The van der Waals surface area contributed by atoms with E-state index in [4.69, 9.17) is 32.9 Å². The molecule has 5 rings (SSSR count). The van der Waals surface area contributed by atoms with E-state index in [0.717, 1.165) is 40.3 Å². The molecule has 0 aliphatic carbocycles. The highest BCUT2D eigenvalue weighted by atomic mass is 35.5. The van der Waals surface area contributed by atoms with Crippen molar-refractivity contribution < 1.29 is 4.74 Å². The van der Waals surface area contributed by atoms with Crippen LogP contribution in [0.5, 0.6) is 5.75 Å². The zero-order valence-corrected chi connectivity index (χ0v) is 16.5. The lowest BCUT2D eigenvalue weighted by atomic mass is 10.1. The number of fused-ring (bicyclic) bond motifs is 2. The Balaban J connectivity index is 1.67. The normalized spacial score (nSPS) is 16.1. The van der Waals surface area contributed by atoms with Crippen molar-refractivity contribution in [2.45, 2.75) is 13.0 Å². The molecule has 5 nitrogen and oxygen atoms in total. The molecule has 1 atom stereocenters. The molecule has 0 fully saturated rings. The number of rotatable bonds is 2. The maximum absolute atomic E-state index is 6.24. The van der Waals surface area contributed by atoms with E-state index in [1.165, 1.54) is 0 Å². The molecule has 1 aliphatic rings. The molecule has 0 saturated carbocycles. The van der Waals surface area contributed by atoms with Gasteiger partial charge in [0.05, 0.1) is 50.8 Å². The number of halogens is 2. The fourth-order valence-corrected chi connectivity index (χ4v) is 3.85. The minimum absolute atomic E-state index is 0.0159. The van der Waals surface area contributed by atoms with Gasteiger partial charge in [-0.1, -0.05) is 29.3 Å². The maximum atomic E-state index is 6.24. The number of hydrogen-bond acceptors (Lipinski definition) is 4. The predicted molar refractivity (Wildman–Crippen MR) is 113 cm³/mol. The average molecular weight is 411 g/mol. The van der Waals surface area contributed by atoms with E-state index in [9.17, 15) is 0 Å². The first kappa shape index (κ1) is 17.3. The highest BCUT2D eigenvalue weighted by Crippen LogP contribution is 2.44. The lowest BCUT2D eigenvalue weighted by molar-refractivity contribution is 0.218. The molecule has 2 aromatic heterocycles. The fraction of sp³-hybridized carbons (Fsp3) is 0.143. The Morgan fingerprint density at radius 1 is 1.14 bits per heavy atom. The van der Waals surface area contributed by atoms with Crippen LogP contribution >= 0.6 is 23.2 Å². The first-order valence-electron chi connectivity index (χ1n) is 8.92. The summed E-state index contributed by atoms with van der Waals surface area (Å²) >= 11 is 12.3. The summed E-state index contributed by atoms with van der Waals surface area (Å²) < 4.78 is 6.24. The molecule has 0 amide bonds. The molecule has 140 valence electrons. The first-order valence-corrected chi connectivity index (χ1v) is 9.68. The van der Waals surface area contributed by atoms with Gasteiger partial charge in [0.25, 0.3) is 0 Å². The summed E-state index contributed by atoms with van der Waals surface area (Å²) in [6.07, 6.45) is 3.65. The number of aromatic amines is 1. The molecule has 1 aliphatic heterocycles. The van der Waals surface area contributed by atoms with Crippen LogP contribution in [0.2, 0.25) is 10.0 Å². The van der Waals surface area contributed by atoms with Crippen molar-refractivity contribution in [1.29, 1.82) is 0 Å². The Morgan fingerprint density at radius 2 is 2.00 bits per heavy atom. The average Bonchev–Trinajstić information content (AvgIpc) is 3.10. The lowest BCUT2D eigenvalue weighted by Gasteiger charge is -2.35. The number of anilines is 2. The summed E-state index contributed by atoms with van der Waals surface area (Å²) in [6.45, 7) is 2.80. The second kappa shape index (κ2) is 6.69. The van der Waals surface area contributed by atoms with Crippen molar-refractivity contribution in [2.75, 3.05) is 11.4 Å². The Labute approximate surface area is 171 Å². The summed E-state index contributed by atoms with van der Waals surface area (Å²) in [5.41, 5.74) is 4.49. The van der Waals surface area contributed by atoms with Gasteiger partial charge in [0, 0.05) is 6.20 Å². The lowest BCUT2D eigenvalue weighted by Crippen LogP contribution is -2.35. The molecule has 1 N–H and O–H groups in total. The van der Waals surface area contributed by atoms with Gasteiger partial charge in [0.1, 0.15) is 11.9 Å². The van der Waals surface area contributed by atoms with Crippen LogP contribution in [-0.2, 0) is 0 Å². The van der Waals surface area contributed by atoms with Crippen LogP contribution in [0.3, 0.4) is 0 Å². The SMILES string of the molecule is CC1CN(c2cccnc2)c2cccc(-c3nc4cc(Cl)c(Cl)cc4[nH]3)c2O1. The van der Waals surface area contributed by atoms with Crippen molar-refractivity contribution in [3.8, 4) is 17.1 Å². The molecule has 0 bridgehead atoms. The molecular formula is C21H16Cl2N4O. The zero-order valence-electron chi connectivity index (χ0n) is 15.0. The summed E-state index contributed by atoms with van der Waals surface area (Å²) in [4.78, 5) is 14.5. The number of nitrogens with zero attached hydrogens (tertiary/aromatic N) is 3. The van der Waals surface area contributed by atoms with E-state index in [-0.39, 0.29) is 6.10 Å². The van der Waals surface area contributed by atoms with Crippen LogP contribution in [0.25, 0.3) is 22.4 Å². The highest BCUT2D eigenvalue weighted by Gasteiger charge is 2.27. The largest absolute Gasteiger partial charge is 0.486 e. The zero-order chi connectivity index (χ0) is 19.3. The van der Waals surface area contributed by atoms with Gasteiger partial charge in [-0.15, -0.1) is 0 Å². The minimum atomic E-state index is 0.0159. The van der Waals surface area contributed by atoms with Gasteiger partial charge in [-0.05, 0) is 43.3 Å². The standard InChI is InChI=1S/C21H16Cl2N4O/c1-12-11-27(13-4-3-7-24-10-13)19-6-2-5-14(20(19)28-12)21-25-17-8-15(22)16(23)9-18(17)26-21/h2-10,12H,11H2,1H3,(H,25,26). The van der Waals surface area contributed by atoms with E-state index in [1.54, 1.807) is 18.3 Å².